The van der Waals surface area contributed by atoms with Crippen molar-refractivity contribution in [3.63, 3.8) is 0 Å². The Kier molecular flexibility index (Phi) is 6.14. The van der Waals surface area contributed by atoms with Crippen LogP contribution in [0.5, 0.6) is 0 Å². The van der Waals surface area contributed by atoms with Gasteiger partial charge in [-0.05, 0) is 24.3 Å². The molecule has 1 aromatic carbocycles. The summed E-state index contributed by atoms with van der Waals surface area (Å²) in [6.07, 6.45) is 0. The van der Waals surface area contributed by atoms with Gasteiger partial charge in [-0.25, -0.2) is 23.6 Å². The molecule has 10 heteroatoms. The molecule has 9 nitrogen and oxygen atoms in total. The lowest BCUT2D eigenvalue weighted by molar-refractivity contribution is 0.0530. The maximum absolute atomic E-state index is 13.4. The van der Waals surface area contributed by atoms with Gasteiger partial charge in [0, 0.05) is 5.69 Å². The van der Waals surface area contributed by atoms with Crippen molar-refractivity contribution in [3.05, 3.63) is 52.6 Å². The summed E-state index contributed by atoms with van der Waals surface area (Å²) in [4.78, 5) is 49.7. The molecule has 0 unspecified atom stereocenters. The Morgan fingerprint density at radius 1 is 0.679 bits per heavy atom. The van der Waals surface area contributed by atoms with Crippen molar-refractivity contribution in [2.24, 2.45) is 0 Å². The predicted molar refractivity (Wildman–Crippen MR) is 91.1 cm³/mol. The molecule has 0 saturated carbocycles. The Balaban J connectivity index is 3.09. The van der Waals surface area contributed by atoms with Gasteiger partial charge < -0.3 is 18.9 Å². The van der Waals surface area contributed by atoms with Crippen molar-refractivity contribution >= 4 is 23.9 Å². The number of rotatable bonds is 5. The minimum absolute atomic E-state index is 0.0857. The van der Waals surface area contributed by atoms with Gasteiger partial charge in [0.1, 0.15) is 28.3 Å². The minimum atomic E-state index is -1.09. The standard InChI is InChI=1S/C18H16FNO8/c1-25-15(21)11-12(16(22)26-2)14(18(24)28-4)20(13(11)17(23)27-3)10-7-5-9(19)6-8-10/h5-8H,1-4H3. The SMILES string of the molecule is COC(=O)c1c(C(=O)OC)c(C(=O)OC)n(-c2ccc(F)cc2)c1C(=O)OC. The van der Waals surface area contributed by atoms with E-state index >= 15 is 0 Å². The quantitative estimate of drug-likeness (QED) is 0.558. The van der Waals surface area contributed by atoms with Gasteiger partial charge in [-0.15, -0.1) is 0 Å². The fourth-order valence-corrected chi connectivity index (χ4v) is 2.60. The molecule has 148 valence electrons. The van der Waals surface area contributed by atoms with Crippen molar-refractivity contribution < 1.29 is 42.5 Å². The third-order valence-electron chi connectivity index (χ3n) is 3.79. The first kappa shape index (κ1) is 20.6. The normalized spacial score (nSPS) is 10.2. The second-order valence-electron chi connectivity index (χ2n) is 5.23. The molecule has 1 aromatic heterocycles. The van der Waals surface area contributed by atoms with Crippen LogP contribution in [0, 0.1) is 5.82 Å². The monoisotopic (exact) mass is 393 g/mol. The van der Waals surface area contributed by atoms with Gasteiger partial charge in [-0.1, -0.05) is 0 Å². The van der Waals surface area contributed by atoms with E-state index in [-0.39, 0.29) is 5.69 Å². The maximum atomic E-state index is 13.4. The van der Waals surface area contributed by atoms with Crippen molar-refractivity contribution in [1.29, 1.82) is 0 Å². The molecule has 0 fully saturated rings. The number of hydrogen-bond donors (Lipinski definition) is 0. The van der Waals surface area contributed by atoms with Crippen LogP contribution in [0.3, 0.4) is 0 Å². The highest BCUT2D eigenvalue weighted by Gasteiger charge is 2.39. The lowest BCUT2D eigenvalue weighted by atomic mass is 10.1. The van der Waals surface area contributed by atoms with Crippen molar-refractivity contribution in [2.75, 3.05) is 28.4 Å². The number of nitrogens with zero attached hydrogens (tertiary/aromatic N) is 1. The molecular formula is C18H16FNO8. The number of carbonyl (C=O) groups excluding carboxylic acids is 4. The lowest BCUT2D eigenvalue weighted by Gasteiger charge is -2.12. The molecule has 1 heterocycles. The number of benzene rings is 1. The van der Waals surface area contributed by atoms with Gasteiger partial charge in [0.05, 0.1) is 28.4 Å². The summed E-state index contributed by atoms with van der Waals surface area (Å²) in [5.41, 5.74) is -1.98. The molecule has 0 aliphatic heterocycles. The average Bonchev–Trinajstić information content (AvgIpc) is 3.07. The van der Waals surface area contributed by atoms with Crippen molar-refractivity contribution in [2.45, 2.75) is 0 Å². The molecule has 0 spiro atoms. The van der Waals surface area contributed by atoms with Crippen LogP contribution in [-0.2, 0) is 18.9 Å². The smallest absolute Gasteiger partial charge is 0.355 e. The maximum Gasteiger partial charge on any atom is 0.355 e. The summed E-state index contributed by atoms with van der Waals surface area (Å²) in [6.45, 7) is 0. The second kappa shape index (κ2) is 8.33. The predicted octanol–water partition coefficient (Wildman–Crippen LogP) is 1.76. The highest BCUT2D eigenvalue weighted by atomic mass is 19.1. The molecule has 0 aliphatic carbocycles. The van der Waals surface area contributed by atoms with Crippen LogP contribution < -0.4 is 0 Å². The van der Waals surface area contributed by atoms with Crippen LogP contribution in [0.25, 0.3) is 5.69 Å². The number of esters is 4. The average molecular weight is 393 g/mol. The van der Waals surface area contributed by atoms with E-state index in [4.69, 9.17) is 9.47 Å². The van der Waals surface area contributed by atoms with Crippen LogP contribution in [0.4, 0.5) is 4.39 Å². The molecule has 0 aliphatic rings. The third kappa shape index (κ3) is 3.43. The van der Waals surface area contributed by atoms with Crippen molar-refractivity contribution in [1.82, 2.24) is 4.57 Å². The number of carbonyl (C=O) groups is 4. The van der Waals surface area contributed by atoms with Gasteiger partial charge in [-0.3, -0.25) is 4.57 Å². The molecule has 0 bridgehead atoms. The van der Waals surface area contributed by atoms with E-state index in [0.717, 1.165) is 45.1 Å². The highest BCUT2D eigenvalue weighted by Crippen LogP contribution is 2.30. The zero-order valence-corrected chi connectivity index (χ0v) is 15.4. The number of aromatic nitrogens is 1. The first-order valence-electron chi connectivity index (χ1n) is 7.70. The van der Waals surface area contributed by atoms with Crippen molar-refractivity contribution in [3.8, 4) is 5.69 Å². The Morgan fingerprint density at radius 2 is 1.04 bits per heavy atom. The van der Waals surface area contributed by atoms with E-state index in [9.17, 15) is 23.6 Å². The van der Waals surface area contributed by atoms with Gasteiger partial charge in [-0.2, -0.15) is 0 Å². The number of halogens is 1. The summed E-state index contributed by atoms with van der Waals surface area (Å²) in [5, 5.41) is 0. The molecule has 0 amide bonds. The van der Waals surface area contributed by atoms with E-state index in [1.54, 1.807) is 0 Å². The van der Waals surface area contributed by atoms with Crippen LogP contribution in [0.1, 0.15) is 41.7 Å². The van der Waals surface area contributed by atoms with Crippen LogP contribution in [0.15, 0.2) is 24.3 Å². The molecule has 0 radical (unpaired) electrons. The summed E-state index contributed by atoms with van der Waals surface area (Å²) >= 11 is 0. The van der Waals surface area contributed by atoms with Gasteiger partial charge >= 0.3 is 23.9 Å². The molecule has 2 rings (SSSR count). The topological polar surface area (TPSA) is 110 Å². The first-order valence-corrected chi connectivity index (χ1v) is 7.70. The Morgan fingerprint density at radius 3 is 1.36 bits per heavy atom. The largest absolute Gasteiger partial charge is 0.465 e. The van der Waals surface area contributed by atoms with E-state index < -0.39 is 52.2 Å². The van der Waals surface area contributed by atoms with E-state index in [1.165, 1.54) is 12.1 Å². The number of hydrogen-bond acceptors (Lipinski definition) is 8. The Labute approximate surface area is 158 Å². The Bertz CT molecular complexity index is 892. The molecule has 0 N–H and O–H groups in total. The fourth-order valence-electron chi connectivity index (χ4n) is 2.60. The van der Waals surface area contributed by atoms with Gasteiger partial charge in [0.2, 0.25) is 0 Å². The third-order valence-corrected chi connectivity index (χ3v) is 3.79. The summed E-state index contributed by atoms with van der Waals surface area (Å²) in [7, 11) is 4.14. The molecule has 28 heavy (non-hydrogen) atoms. The van der Waals surface area contributed by atoms with Gasteiger partial charge in [0.25, 0.3) is 0 Å². The van der Waals surface area contributed by atoms with E-state index in [1.807, 2.05) is 0 Å². The molecule has 0 saturated heterocycles. The first-order chi connectivity index (χ1) is 13.3. The zero-order chi connectivity index (χ0) is 21.0. The van der Waals surface area contributed by atoms with E-state index in [0.29, 0.717) is 0 Å². The van der Waals surface area contributed by atoms with E-state index in [2.05, 4.69) is 9.47 Å². The van der Waals surface area contributed by atoms with Crippen LogP contribution >= 0.6 is 0 Å². The summed E-state index contributed by atoms with van der Waals surface area (Å²) in [5.74, 6) is -4.87. The minimum Gasteiger partial charge on any atom is -0.465 e. The van der Waals surface area contributed by atoms with Crippen LogP contribution in [-0.4, -0.2) is 56.9 Å². The van der Waals surface area contributed by atoms with Gasteiger partial charge in [0.15, 0.2) is 0 Å². The lowest BCUT2D eigenvalue weighted by Crippen LogP contribution is -2.17. The highest BCUT2D eigenvalue weighted by molar-refractivity contribution is 6.15. The van der Waals surface area contributed by atoms with Crippen LogP contribution in [0.2, 0.25) is 0 Å². The zero-order valence-electron chi connectivity index (χ0n) is 15.4. The molecular weight excluding hydrogens is 377 g/mol. The Hall–Kier alpha value is -3.69. The fraction of sp³-hybridized carbons (Fsp3) is 0.222. The molecule has 2 aromatic rings. The molecule has 0 atom stereocenters. The second-order valence-corrected chi connectivity index (χ2v) is 5.23. The summed E-state index contributed by atoms with van der Waals surface area (Å²) < 4.78 is 33.1. The number of methoxy groups -OCH3 is 4. The summed E-state index contributed by atoms with van der Waals surface area (Å²) in [6, 6.07) is 4.59. The number of ether oxygens (including phenoxy) is 4.